The summed E-state index contributed by atoms with van der Waals surface area (Å²) in [5.41, 5.74) is 0.433. The van der Waals surface area contributed by atoms with E-state index in [2.05, 4.69) is 5.16 Å². The van der Waals surface area contributed by atoms with E-state index in [1.165, 1.54) is 12.3 Å². The SMILES string of the molecule is CCOC(=O)CCCC(C=NO)c1ccccc1[N+](=O)[O-]. The number of nitro benzene ring substituents is 1. The molecule has 0 spiro atoms. The lowest BCUT2D eigenvalue weighted by molar-refractivity contribution is -0.385. The topological polar surface area (TPSA) is 102 Å². The van der Waals surface area contributed by atoms with Crippen LogP contribution < -0.4 is 0 Å². The van der Waals surface area contributed by atoms with Gasteiger partial charge < -0.3 is 9.94 Å². The minimum atomic E-state index is -0.473. The Kier molecular flexibility index (Phi) is 6.86. The zero-order valence-electron chi connectivity index (χ0n) is 11.8. The van der Waals surface area contributed by atoms with Crippen molar-refractivity contribution in [2.75, 3.05) is 6.61 Å². The molecule has 0 aliphatic rings. The zero-order valence-corrected chi connectivity index (χ0v) is 11.8. The lowest BCUT2D eigenvalue weighted by Gasteiger charge is -2.12. The van der Waals surface area contributed by atoms with Crippen LogP contribution in [-0.4, -0.2) is 28.9 Å². The smallest absolute Gasteiger partial charge is 0.305 e. The van der Waals surface area contributed by atoms with Crippen molar-refractivity contribution in [2.24, 2.45) is 5.16 Å². The second-order valence-electron chi connectivity index (χ2n) is 4.38. The highest BCUT2D eigenvalue weighted by Gasteiger charge is 2.20. The first kappa shape index (κ1) is 16.6. The number of esters is 1. The molecule has 0 heterocycles. The Morgan fingerprint density at radius 3 is 2.86 bits per heavy atom. The molecule has 7 nitrogen and oxygen atoms in total. The van der Waals surface area contributed by atoms with Gasteiger partial charge in [0.25, 0.3) is 5.69 Å². The maximum absolute atomic E-state index is 11.3. The molecule has 0 radical (unpaired) electrons. The number of hydrogen-bond acceptors (Lipinski definition) is 6. The first-order valence-electron chi connectivity index (χ1n) is 6.66. The fourth-order valence-corrected chi connectivity index (χ4v) is 2.06. The first-order chi connectivity index (χ1) is 10.1. The highest BCUT2D eigenvalue weighted by atomic mass is 16.6. The standard InChI is InChI=1S/C14H18N2O5/c1-2-21-14(17)9-5-6-11(10-15-18)12-7-3-4-8-13(12)16(19)20/h3-4,7-8,10-11,18H,2,5-6,9H2,1H3. The Balaban J connectivity index is 2.78. The quantitative estimate of drug-likeness (QED) is 0.261. The molecule has 0 fully saturated rings. The van der Waals surface area contributed by atoms with Crippen LogP contribution in [0, 0.1) is 10.1 Å². The number of benzene rings is 1. The minimum Gasteiger partial charge on any atom is -0.466 e. The van der Waals surface area contributed by atoms with Gasteiger partial charge in [-0.25, -0.2) is 0 Å². The molecule has 21 heavy (non-hydrogen) atoms. The van der Waals surface area contributed by atoms with E-state index in [1.807, 2.05) is 0 Å². The van der Waals surface area contributed by atoms with Gasteiger partial charge in [-0.15, -0.1) is 5.16 Å². The highest BCUT2D eigenvalue weighted by Crippen LogP contribution is 2.28. The average molecular weight is 294 g/mol. The third kappa shape index (κ3) is 5.21. The van der Waals surface area contributed by atoms with Crippen molar-refractivity contribution in [3.05, 3.63) is 39.9 Å². The molecule has 1 aromatic rings. The van der Waals surface area contributed by atoms with E-state index < -0.39 is 10.8 Å². The van der Waals surface area contributed by atoms with Gasteiger partial charge >= 0.3 is 5.97 Å². The molecule has 0 aromatic heterocycles. The van der Waals surface area contributed by atoms with Gasteiger partial charge in [0.2, 0.25) is 0 Å². The van der Waals surface area contributed by atoms with Crippen LogP contribution in [0.1, 0.15) is 37.7 Å². The van der Waals surface area contributed by atoms with Crippen LogP contribution in [0.4, 0.5) is 5.69 Å². The fourth-order valence-electron chi connectivity index (χ4n) is 2.06. The second kappa shape index (κ2) is 8.68. The molecule has 0 saturated heterocycles. The van der Waals surface area contributed by atoms with E-state index in [-0.39, 0.29) is 18.1 Å². The Morgan fingerprint density at radius 2 is 2.24 bits per heavy atom. The lowest BCUT2D eigenvalue weighted by atomic mass is 9.93. The van der Waals surface area contributed by atoms with E-state index >= 15 is 0 Å². The molecule has 1 atom stereocenters. The van der Waals surface area contributed by atoms with Gasteiger partial charge in [-0.1, -0.05) is 18.2 Å². The molecule has 1 rings (SSSR count). The Morgan fingerprint density at radius 1 is 1.52 bits per heavy atom. The predicted octanol–water partition coefficient (Wildman–Crippen LogP) is 2.87. The first-order valence-corrected chi connectivity index (χ1v) is 6.66. The highest BCUT2D eigenvalue weighted by molar-refractivity contribution is 5.71. The fraction of sp³-hybridized carbons (Fsp3) is 0.429. The van der Waals surface area contributed by atoms with Crippen LogP contribution >= 0.6 is 0 Å². The van der Waals surface area contributed by atoms with Crippen molar-refractivity contribution in [1.29, 1.82) is 0 Å². The maximum atomic E-state index is 11.3. The number of carbonyl (C=O) groups excluding carboxylic acids is 1. The molecular weight excluding hydrogens is 276 g/mol. The molecular formula is C14H18N2O5. The largest absolute Gasteiger partial charge is 0.466 e. The normalized spacial score (nSPS) is 12.2. The summed E-state index contributed by atoms with van der Waals surface area (Å²) in [5.74, 6) is -0.731. The van der Waals surface area contributed by atoms with Gasteiger partial charge in [-0.2, -0.15) is 0 Å². The molecule has 114 valence electrons. The molecule has 1 aromatic carbocycles. The van der Waals surface area contributed by atoms with Crippen molar-refractivity contribution in [1.82, 2.24) is 0 Å². The number of nitro groups is 1. The van der Waals surface area contributed by atoms with Crippen molar-refractivity contribution in [3.63, 3.8) is 0 Å². The summed E-state index contributed by atoms with van der Waals surface area (Å²) >= 11 is 0. The number of nitrogens with zero attached hydrogens (tertiary/aromatic N) is 2. The van der Waals surface area contributed by atoms with Gasteiger partial charge in [0, 0.05) is 24.0 Å². The predicted molar refractivity (Wildman–Crippen MR) is 76.6 cm³/mol. The molecule has 0 bridgehead atoms. The van der Waals surface area contributed by atoms with Crippen LogP contribution in [0.15, 0.2) is 29.4 Å². The lowest BCUT2D eigenvalue weighted by Crippen LogP contribution is -2.07. The number of rotatable bonds is 8. The molecule has 0 saturated carbocycles. The minimum absolute atomic E-state index is 0.0291. The Labute approximate surface area is 122 Å². The van der Waals surface area contributed by atoms with Crippen molar-refractivity contribution >= 4 is 17.9 Å². The summed E-state index contributed by atoms with van der Waals surface area (Å²) in [6.07, 6.45) is 2.41. The number of carbonyl (C=O) groups is 1. The molecule has 7 heteroatoms. The van der Waals surface area contributed by atoms with Crippen molar-refractivity contribution in [2.45, 2.75) is 32.1 Å². The molecule has 0 aliphatic carbocycles. The van der Waals surface area contributed by atoms with Gasteiger partial charge in [-0.05, 0) is 19.8 Å². The van der Waals surface area contributed by atoms with Gasteiger partial charge in [0.1, 0.15) is 0 Å². The molecule has 0 amide bonds. The van der Waals surface area contributed by atoms with E-state index in [9.17, 15) is 14.9 Å². The van der Waals surface area contributed by atoms with E-state index in [4.69, 9.17) is 9.94 Å². The van der Waals surface area contributed by atoms with E-state index in [0.29, 0.717) is 25.0 Å². The molecule has 1 unspecified atom stereocenters. The van der Waals surface area contributed by atoms with E-state index in [1.54, 1.807) is 25.1 Å². The third-order valence-corrected chi connectivity index (χ3v) is 2.98. The Hall–Kier alpha value is -2.44. The summed E-state index contributed by atoms with van der Waals surface area (Å²) in [7, 11) is 0. The summed E-state index contributed by atoms with van der Waals surface area (Å²) < 4.78 is 4.82. The molecule has 1 N–H and O–H groups in total. The number of ether oxygens (including phenoxy) is 1. The van der Waals surface area contributed by atoms with Gasteiger partial charge in [0.05, 0.1) is 17.7 Å². The Bertz CT molecular complexity index is 516. The summed E-state index contributed by atoms with van der Waals surface area (Å²) in [5, 5.41) is 22.7. The monoisotopic (exact) mass is 294 g/mol. The van der Waals surface area contributed by atoms with Crippen LogP contribution in [-0.2, 0) is 9.53 Å². The number of para-hydroxylation sites is 1. The maximum Gasteiger partial charge on any atom is 0.305 e. The van der Waals surface area contributed by atoms with Crippen LogP contribution in [0.2, 0.25) is 0 Å². The van der Waals surface area contributed by atoms with Gasteiger partial charge in [0.15, 0.2) is 0 Å². The second-order valence-corrected chi connectivity index (χ2v) is 4.38. The summed E-state index contributed by atoms with van der Waals surface area (Å²) in [4.78, 5) is 21.8. The molecule has 0 aliphatic heterocycles. The van der Waals surface area contributed by atoms with Crippen LogP contribution in [0.3, 0.4) is 0 Å². The average Bonchev–Trinajstić information content (AvgIpc) is 2.46. The van der Waals surface area contributed by atoms with Crippen molar-refractivity contribution < 1.29 is 19.7 Å². The zero-order chi connectivity index (χ0) is 15.7. The number of oxime groups is 1. The summed E-state index contributed by atoms with van der Waals surface area (Å²) in [6, 6.07) is 6.28. The van der Waals surface area contributed by atoms with Crippen LogP contribution in [0.5, 0.6) is 0 Å². The number of hydrogen-bond donors (Lipinski definition) is 1. The van der Waals surface area contributed by atoms with Crippen LogP contribution in [0.25, 0.3) is 0 Å². The summed E-state index contributed by atoms with van der Waals surface area (Å²) in [6.45, 7) is 2.05. The van der Waals surface area contributed by atoms with Gasteiger partial charge in [-0.3, -0.25) is 14.9 Å². The van der Waals surface area contributed by atoms with Crippen molar-refractivity contribution in [3.8, 4) is 0 Å². The van der Waals surface area contributed by atoms with E-state index in [0.717, 1.165) is 0 Å². The third-order valence-electron chi connectivity index (χ3n) is 2.98.